The van der Waals surface area contributed by atoms with E-state index in [2.05, 4.69) is 12.2 Å². The molecule has 1 unspecified atom stereocenters. The summed E-state index contributed by atoms with van der Waals surface area (Å²) in [6, 6.07) is 4.27. The van der Waals surface area contributed by atoms with E-state index >= 15 is 0 Å². The van der Waals surface area contributed by atoms with Gasteiger partial charge in [-0.1, -0.05) is 0 Å². The first-order valence-electron chi connectivity index (χ1n) is 7.62. The highest BCUT2D eigenvalue weighted by molar-refractivity contribution is 5.68. The largest absolute Gasteiger partial charge is 0.468 e. The monoisotopic (exact) mass is 294 g/mol. The summed E-state index contributed by atoms with van der Waals surface area (Å²) in [5, 5.41) is 3.53. The number of piperidine rings is 1. The fraction of sp³-hybridized carbons (Fsp3) is 0.688. The highest BCUT2D eigenvalue weighted by Gasteiger charge is 2.28. The zero-order valence-electron chi connectivity index (χ0n) is 13.4. The molecule has 1 aromatic heterocycles. The Morgan fingerprint density at radius 1 is 1.52 bits per heavy atom. The fourth-order valence-corrected chi connectivity index (χ4v) is 2.58. The van der Waals surface area contributed by atoms with E-state index in [1.54, 1.807) is 11.2 Å². The van der Waals surface area contributed by atoms with Crippen molar-refractivity contribution in [1.82, 2.24) is 10.2 Å². The standard InChI is InChI=1S/C16H26N2O3/c1-12(14-8-6-10-20-14)17-13-7-5-9-18(11-13)15(19)21-16(2,3)4/h6,8,10,12-13,17H,5,7,9,11H2,1-4H3/t12?,13-/m1/s1. The van der Waals surface area contributed by atoms with Gasteiger partial charge in [0.1, 0.15) is 11.4 Å². The molecule has 1 aliphatic heterocycles. The summed E-state index contributed by atoms with van der Waals surface area (Å²) in [4.78, 5) is 13.9. The van der Waals surface area contributed by atoms with Gasteiger partial charge in [-0.15, -0.1) is 0 Å². The summed E-state index contributed by atoms with van der Waals surface area (Å²) in [6.45, 7) is 9.20. The van der Waals surface area contributed by atoms with Crippen LogP contribution in [0.25, 0.3) is 0 Å². The van der Waals surface area contributed by atoms with Crippen molar-refractivity contribution in [2.75, 3.05) is 13.1 Å². The Hall–Kier alpha value is -1.49. The van der Waals surface area contributed by atoms with Gasteiger partial charge in [0, 0.05) is 19.1 Å². The second-order valence-electron chi connectivity index (χ2n) is 6.67. The van der Waals surface area contributed by atoms with Gasteiger partial charge in [0.05, 0.1) is 12.3 Å². The molecule has 2 atom stereocenters. The minimum atomic E-state index is -0.446. The van der Waals surface area contributed by atoms with E-state index in [1.807, 2.05) is 32.9 Å². The molecule has 0 spiro atoms. The number of amides is 1. The Morgan fingerprint density at radius 2 is 2.29 bits per heavy atom. The average molecular weight is 294 g/mol. The molecule has 0 bridgehead atoms. The molecule has 0 aromatic carbocycles. The molecule has 118 valence electrons. The summed E-state index contributed by atoms with van der Waals surface area (Å²) < 4.78 is 10.9. The lowest BCUT2D eigenvalue weighted by molar-refractivity contribution is 0.0183. The first kappa shape index (κ1) is 15.9. The van der Waals surface area contributed by atoms with E-state index in [0.29, 0.717) is 6.54 Å². The Balaban J connectivity index is 1.87. The molecular formula is C16H26N2O3. The van der Waals surface area contributed by atoms with Crippen molar-refractivity contribution in [2.45, 2.75) is 58.2 Å². The molecule has 1 fully saturated rings. The molecule has 1 N–H and O–H groups in total. The van der Waals surface area contributed by atoms with E-state index in [1.165, 1.54) is 0 Å². The number of likely N-dealkylation sites (tertiary alicyclic amines) is 1. The molecule has 1 saturated heterocycles. The van der Waals surface area contributed by atoms with Crippen molar-refractivity contribution < 1.29 is 13.9 Å². The van der Waals surface area contributed by atoms with Crippen LogP contribution in [0.2, 0.25) is 0 Å². The van der Waals surface area contributed by atoms with Crippen LogP contribution in [0.15, 0.2) is 22.8 Å². The predicted molar refractivity (Wildman–Crippen MR) is 81.1 cm³/mol. The summed E-state index contributed by atoms with van der Waals surface area (Å²) in [7, 11) is 0. The van der Waals surface area contributed by atoms with Crippen molar-refractivity contribution in [3.8, 4) is 0 Å². The van der Waals surface area contributed by atoms with Gasteiger partial charge in [0.15, 0.2) is 0 Å². The molecule has 0 aliphatic carbocycles. The van der Waals surface area contributed by atoms with E-state index in [-0.39, 0.29) is 18.2 Å². The normalized spacial score (nSPS) is 21.1. The first-order valence-corrected chi connectivity index (χ1v) is 7.62. The molecule has 0 saturated carbocycles. The minimum Gasteiger partial charge on any atom is -0.468 e. The minimum absolute atomic E-state index is 0.142. The van der Waals surface area contributed by atoms with Crippen LogP contribution in [0.5, 0.6) is 0 Å². The lowest BCUT2D eigenvalue weighted by atomic mass is 10.0. The fourth-order valence-electron chi connectivity index (χ4n) is 2.58. The van der Waals surface area contributed by atoms with Crippen LogP contribution in [-0.2, 0) is 4.74 Å². The molecule has 5 nitrogen and oxygen atoms in total. The summed E-state index contributed by atoms with van der Waals surface area (Å²) >= 11 is 0. The van der Waals surface area contributed by atoms with E-state index < -0.39 is 5.60 Å². The summed E-state index contributed by atoms with van der Waals surface area (Å²) in [5.74, 6) is 0.921. The van der Waals surface area contributed by atoms with Crippen LogP contribution in [0.1, 0.15) is 52.3 Å². The zero-order valence-corrected chi connectivity index (χ0v) is 13.4. The van der Waals surface area contributed by atoms with Crippen molar-refractivity contribution in [1.29, 1.82) is 0 Å². The van der Waals surface area contributed by atoms with Crippen molar-refractivity contribution in [3.63, 3.8) is 0 Å². The molecule has 1 aliphatic rings. The van der Waals surface area contributed by atoms with Crippen LogP contribution in [0.3, 0.4) is 0 Å². The van der Waals surface area contributed by atoms with E-state index in [9.17, 15) is 4.79 Å². The Morgan fingerprint density at radius 3 is 2.90 bits per heavy atom. The third-order valence-corrected chi connectivity index (χ3v) is 3.53. The number of nitrogens with one attached hydrogen (secondary N) is 1. The maximum absolute atomic E-state index is 12.1. The molecule has 21 heavy (non-hydrogen) atoms. The first-order chi connectivity index (χ1) is 9.85. The smallest absolute Gasteiger partial charge is 0.410 e. The third-order valence-electron chi connectivity index (χ3n) is 3.53. The van der Waals surface area contributed by atoms with E-state index in [4.69, 9.17) is 9.15 Å². The maximum Gasteiger partial charge on any atom is 0.410 e. The predicted octanol–water partition coefficient (Wildman–Crippen LogP) is 3.33. The van der Waals surface area contributed by atoms with Crippen molar-refractivity contribution >= 4 is 6.09 Å². The number of ether oxygens (including phenoxy) is 1. The van der Waals surface area contributed by atoms with Crippen molar-refractivity contribution in [2.24, 2.45) is 0 Å². The molecule has 2 heterocycles. The highest BCUT2D eigenvalue weighted by Crippen LogP contribution is 2.19. The molecule has 0 radical (unpaired) electrons. The quantitative estimate of drug-likeness (QED) is 0.929. The van der Waals surface area contributed by atoms with Gasteiger partial charge in [-0.25, -0.2) is 4.79 Å². The lowest BCUT2D eigenvalue weighted by Crippen LogP contribution is -2.49. The van der Waals surface area contributed by atoms with Gasteiger partial charge in [-0.2, -0.15) is 0 Å². The third kappa shape index (κ3) is 4.77. The Labute approximate surface area is 126 Å². The lowest BCUT2D eigenvalue weighted by Gasteiger charge is -2.35. The van der Waals surface area contributed by atoms with Gasteiger partial charge in [0.25, 0.3) is 0 Å². The molecule has 1 aromatic rings. The molecule has 2 rings (SSSR count). The second-order valence-corrected chi connectivity index (χ2v) is 6.67. The number of rotatable bonds is 3. The topological polar surface area (TPSA) is 54.7 Å². The number of carbonyl (C=O) groups excluding carboxylic acids is 1. The number of furan rings is 1. The van der Waals surface area contributed by atoms with Crippen LogP contribution < -0.4 is 5.32 Å². The van der Waals surface area contributed by atoms with Gasteiger partial charge in [-0.3, -0.25) is 0 Å². The second kappa shape index (κ2) is 6.52. The summed E-state index contributed by atoms with van der Waals surface area (Å²) in [6.07, 6.45) is 3.51. The summed E-state index contributed by atoms with van der Waals surface area (Å²) in [5.41, 5.74) is -0.446. The number of nitrogens with zero attached hydrogens (tertiary/aromatic N) is 1. The average Bonchev–Trinajstić information content (AvgIpc) is 2.91. The van der Waals surface area contributed by atoms with Gasteiger partial charge < -0.3 is 19.4 Å². The Kier molecular flexibility index (Phi) is 4.93. The van der Waals surface area contributed by atoms with E-state index in [0.717, 1.165) is 25.1 Å². The Bertz CT molecular complexity index is 451. The molecule has 1 amide bonds. The van der Waals surface area contributed by atoms with Crippen LogP contribution in [-0.4, -0.2) is 35.7 Å². The highest BCUT2D eigenvalue weighted by atomic mass is 16.6. The number of hydrogen-bond acceptors (Lipinski definition) is 4. The van der Waals surface area contributed by atoms with Crippen LogP contribution in [0, 0.1) is 0 Å². The van der Waals surface area contributed by atoms with Crippen molar-refractivity contribution in [3.05, 3.63) is 24.2 Å². The maximum atomic E-state index is 12.1. The molecular weight excluding hydrogens is 268 g/mol. The number of hydrogen-bond donors (Lipinski definition) is 1. The van der Waals surface area contributed by atoms with Gasteiger partial charge in [0.2, 0.25) is 0 Å². The van der Waals surface area contributed by atoms with Crippen LogP contribution in [0.4, 0.5) is 4.79 Å². The zero-order chi connectivity index (χ0) is 15.5. The number of carbonyl (C=O) groups is 1. The molecule has 5 heteroatoms. The van der Waals surface area contributed by atoms with Crippen LogP contribution >= 0.6 is 0 Å². The SMILES string of the molecule is CC(N[C@@H]1CCCN(C(=O)OC(C)(C)C)C1)c1ccco1. The van der Waals surface area contributed by atoms with Gasteiger partial charge in [-0.05, 0) is 52.7 Å². The van der Waals surface area contributed by atoms with Gasteiger partial charge >= 0.3 is 6.09 Å².